The summed E-state index contributed by atoms with van der Waals surface area (Å²) >= 11 is 3.41. The van der Waals surface area contributed by atoms with Crippen molar-refractivity contribution >= 4 is 27.8 Å². The van der Waals surface area contributed by atoms with E-state index in [0.717, 1.165) is 10.0 Å². The molecule has 0 bridgehead atoms. The maximum atomic E-state index is 11.7. The minimum Gasteiger partial charge on any atom is -0.465 e. The third-order valence-corrected chi connectivity index (χ3v) is 3.33. The van der Waals surface area contributed by atoms with Crippen LogP contribution in [-0.4, -0.2) is 31.1 Å². The van der Waals surface area contributed by atoms with E-state index < -0.39 is 0 Å². The van der Waals surface area contributed by atoms with E-state index in [0.29, 0.717) is 12.1 Å². The largest absolute Gasteiger partial charge is 0.465 e. The molecule has 1 aromatic rings. The van der Waals surface area contributed by atoms with Gasteiger partial charge in [-0.1, -0.05) is 22.0 Å². The number of methoxy groups -OCH3 is 1. The number of rotatable bonds is 5. The molecule has 0 spiro atoms. The molecule has 6 heteroatoms. The van der Waals surface area contributed by atoms with Crippen LogP contribution < -0.4 is 10.6 Å². The number of ether oxygens (including phenoxy) is 1. The molecule has 0 heterocycles. The van der Waals surface area contributed by atoms with Gasteiger partial charge in [-0.15, -0.1) is 0 Å². The van der Waals surface area contributed by atoms with Crippen LogP contribution in [0.3, 0.4) is 0 Å². The lowest BCUT2D eigenvalue weighted by Crippen LogP contribution is -2.44. The zero-order chi connectivity index (χ0) is 16.0. The lowest BCUT2D eigenvalue weighted by atomic mass is 10.1. The summed E-state index contributed by atoms with van der Waals surface area (Å²) in [4.78, 5) is 23.1. The van der Waals surface area contributed by atoms with Gasteiger partial charge < -0.3 is 15.4 Å². The van der Waals surface area contributed by atoms with E-state index in [-0.39, 0.29) is 24.0 Å². The third-order valence-electron chi connectivity index (χ3n) is 2.59. The van der Waals surface area contributed by atoms with Crippen molar-refractivity contribution in [2.75, 3.05) is 13.7 Å². The molecule has 116 valence electrons. The molecular formula is C15H21BrN2O3. The molecule has 0 fully saturated rings. The fourth-order valence-corrected chi connectivity index (χ4v) is 2.23. The summed E-state index contributed by atoms with van der Waals surface area (Å²) in [7, 11) is 1.35. The topological polar surface area (TPSA) is 67.4 Å². The van der Waals surface area contributed by atoms with Crippen molar-refractivity contribution in [3.05, 3.63) is 33.8 Å². The number of hydrogen-bond acceptors (Lipinski definition) is 4. The molecule has 0 atom stereocenters. The quantitative estimate of drug-likeness (QED) is 0.794. The summed E-state index contributed by atoms with van der Waals surface area (Å²) in [5.74, 6) is -0.426. The molecule has 1 rings (SSSR count). The molecule has 1 amide bonds. The maximum absolute atomic E-state index is 11.7. The van der Waals surface area contributed by atoms with E-state index in [4.69, 9.17) is 0 Å². The van der Waals surface area contributed by atoms with Gasteiger partial charge in [0.15, 0.2) is 0 Å². The van der Waals surface area contributed by atoms with Crippen LogP contribution >= 0.6 is 15.9 Å². The summed E-state index contributed by atoms with van der Waals surface area (Å²) in [6.45, 7) is 6.58. The molecule has 0 aliphatic heterocycles. The van der Waals surface area contributed by atoms with Crippen LogP contribution in [0.15, 0.2) is 22.7 Å². The highest BCUT2D eigenvalue weighted by atomic mass is 79.9. The zero-order valence-corrected chi connectivity index (χ0v) is 14.3. The lowest BCUT2D eigenvalue weighted by molar-refractivity contribution is -0.121. The number of amides is 1. The highest BCUT2D eigenvalue weighted by molar-refractivity contribution is 9.10. The first-order valence-corrected chi connectivity index (χ1v) is 7.40. The predicted molar refractivity (Wildman–Crippen MR) is 85.1 cm³/mol. The highest BCUT2D eigenvalue weighted by Gasteiger charge is 2.13. The molecule has 0 aliphatic rings. The summed E-state index contributed by atoms with van der Waals surface area (Å²) < 4.78 is 5.46. The van der Waals surface area contributed by atoms with Crippen molar-refractivity contribution in [1.29, 1.82) is 0 Å². The number of nitrogens with one attached hydrogen (secondary N) is 2. The second kappa shape index (κ2) is 7.56. The standard InChI is InChI=1S/C15H21BrN2O3/c1-15(2,3)18-13(19)9-17-8-11-6-5-10(7-12(11)16)14(20)21-4/h5-7,17H,8-9H2,1-4H3,(H,18,19). The van der Waals surface area contributed by atoms with Crippen LogP contribution in [0.5, 0.6) is 0 Å². The molecule has 0 aliphatic carbocycles. The van der Waals surface area contributed by atoms with Crippen molar-refractivity contribution in [2.24, 2.45) is 0 Å². The molecule has 0 unspecified atom stereocenters. The van der Waals surface area contributed by atoms with Crippen LogP contribution in [0.25, 0.3) is 0 Å². The first-order valence-electron chi connectivity index (χ1n) is 6.61. The molecular weight excluding hydrogens is 336 g/mol. The van der Waals surface area contributed by atoms with Gasteiger partial charge in [-0.3, -0.25) is 4.79 Å². The fourth-order valence-electron chi connectivity index (χ4n) is 1.71. The number of esters is 1. The number of carbonyl (C=O) groups is 2. The molecule has 0 aromatic heterocycles. The van der Waals surface area contributed by atoms with Crippen molar-refractivity contribution < 1.29 is 14.3 Å². The SMILES string of the molecule is COC(=O)c1ccc(CNCC(=O)NC(C)(C)C)c(Br)c1. The minimum absolute atomic E-state index is 0.0511. The van der Waals surface area contributed by atoms with Gasteiger partial charge in [-0.25, -0.2) is 4.79 Å². The van der Waals surface area contributed by atoms with Gasteiger partial charge in [0.2, 0.25) is 5.91 Å². The Labute approximate surface area is 133 Å². The number of hydrogen-bond donors (Lipinski definition) is 2. The van der Waals surface area contributed by atoms with Crippen LogP contribution in [0.2, 0.25) is 0 Å². The average Bonchev–Trinajstić information content (AvgIpc) is 2.37. The maximum Gasteiger partial charge on any atom is 0.337 e. The second-order valence-electron chi connectivity index (χ2n) is 5.70. The van der Waals surface area contributed by atoms with Crippen molar-refractivity contribution in [1.82, 2.24) is 10.6 Å². The summed E-state index contributed by atoms with van der Waals surface area (Å²) in [5, 5.41) is 5.95. The number of halogens is 1. The van der Waals surface area contributed by atoms with Crippen LogP contribution in [0.4, 0.5) is 0 Å². The van der Waals surface area contributed by atoms with E-state index in [1.54, 1.807) is 12.1 Å². The van der Waals surface area contributed by atoms with Gasteiger partial charge in [0.05, 0.1) is 19.2 Å². The number of benzene rings is 1. The Bertz CT molecular complexity index is 524. The monoisotopic (exact) mass is 356 g/mol. The number of carbonyl (C=O) groups excluding carboxylic acids is 2. The Morgan fingerprint density at radius 2 is 1.95 bits per heavy atom. The van der Waals surface area contributed by atoms with Gasteiger partial charge in [0.25, 0.3) is 0 Å². The van der Waals surface area contributed by atoms with Gasteiger partial charge in [0, 0.05) is 16.6 Å². The first-order chi connectivity index (χ1) is 9.73. The Morgan fingerprint density at radius 1 is 1.29 bits per heavy atom. The molecule has 0 saturated heterocycles. The molecule has 21 heavy (non-hydrogen) atoms. The van der Waals surface area contributed by atoms with Crippen molar-refractivity contribution in [3.8, 4) is 0 Å². The lowest BCUT2D eigenvalue weighted by Gasteiger charge is -2.20. The smallest absolute Gasteiger partial charge is 0.337 e. The van der Waals surface area contributed by atoms with Crippen LogP contribution in [0, 0.1) is 0 Å². The van der Waals surface area contributed by atoms with Crippen molar-refractivity contribution in [2.45, 2.75) is 32.9 Å². The molecule has 0 radical (unpaired) electrons. The summed E-state index contributed by atoms with van der Waals surface area (Å²) in [6, 6.07) is 5.23. The average molecular weight is 357 g/mol. The van der Waals surface area contributed by atoms with Crippen LogP contribution in [0.1, 0.15) is 36.7 Å². The normalized spacial score (nSPS) is 11.1. The first kappa shape index (κ1) is 17.7. The van der Waals surface area contributed by atoms with E-state index in [2.05, 4.69) is 31.3 Å². The molecule has 1 aromatic carbocycles. The van der Waals surface area contributed by atoms with E-state index in [1.165, 1.54) is 7.11 Å². The van der Waals surface area contributed by atoms with E-state index >= 15 is 0 Å². The Morgan fingerprint density at radius 3 is 2.48 bits per heavy atom. The highest BCUT2D eigenvalue weighted by Crippen LogP contribution is 2.19. The van der Waals surface area contributed by atoms with Gasteiger partial charge in [-0.2, -0.15) is 0 Å². The summed E-state index contributed by atoms with van der Waals surface area (Å²) in [5.41, 5.74) is 1.21. The Kier molecular flexibility index (Phi) is 6.36. The molecule has 2 N–H and O–H groups in total. The van der Waals surface area contributed by atoms with Gasteiger partial charge in [0.1, 0.15) is 0 Å². The third kappa shape index (κ3) is 6.27. The van der Waals surface area contributed by atoms with Gasteiger partial charge in [-0.05, 0) is 38.5 Å². The predicted octanol–water partition coefficient (Wildman–Crippen LogP) is 2.24. The minimum atomic E-state index is -0.375. The van der Waals surface area contributed by atoms with Crippen LogP contribution in [-0.2, 0) is 16.1 Å². The zero-order valence-electron chi connectivity index (χ0n) is 12.7. The van der Waals surface area contributed by atoms with Gasteiger partial charge >= 0.3 is 5.97 Å². The van der Waals surface area contributed by atoms with E-state index in [1.807, 2.05) is 26.8 Å². The summed E-state index contributed by atoms with van der Waals surface area (Å²) in [6.07, 6.45) is 0. The van der Waals surface area contributed by atoms with Crippen molar-refractivity contribution in [3.63, 3.8) is 0 Å². The molecule has 0 saturated carbocycles. The molecule has 5 nitrogen and oxygen atoms in total. The van der Waals surface area contributed by atoms with E-state index in [9.17, 15) is 9.59 Å². The fraction of sp³-hybridized carbons (Fsp3) is 0.467. The Hall–Kier alpha value is -1.40. The second-order valence-corrected chi connectivity index (χ2v) is 6.55. The Balaban J connectivity index is 2.53.